The quantitative estimate of drug-likeness (QED) is 0.733. The Balaban J connectivity index is 2.73. The molecule has 1 aromatic heterocycles. The molecule has 82 valence electrons. The molecule has 1 heterocycles. The van der Waals surface area contributed by atoms with Crippen LogP contribution in [0.4, 0.5) is 8.78 Å². The van der Waals surface area contributed by atoms with E-state index in [1.165, 1.54) is 18.3 Å². The first-order valence-electron chi connectivity index (χ1n) is 4.66. The van der Waals surface area contributed by atoms with Crippen molar-refractivity contribution < 1.29 is 8.78 Å². The van der Waals surface area contributed by atoms with E-state index in [-0.39, 0.29) is 5.56 Å². The van der Waals surface area contributed by atoms with E-state index < -0.39 is 11.6 Å². The number of hydrogen-bond acceptors (Lipinski definition) is 1. The minimum Gasteiger partial charge on any atom is -0.261 e. The molecule has 0 saturated carbocycles. The van der Waals surface area contributed by atoms with Crippen molar-refractivity contribution >= 4 is 11.6 Å². The van der Waals surface area contributed by atoms with Crippen molar-refractivity contribution in [2.75, 3.05) is 0 Å². The van der Waals surface area contributed by atoms with Crippen LogP contribution in [0, 0.1) is 18.6 Å². The van der Waals surface area contributed by atoms with Crippen LogP contribution in [0.5, 0.6) is 0 Å². The molecule has 4 heteroatoms. The molecular weight excluding hydrogens is 232 g/mol. The topological polar surface area (TPSA) is 12.9 Å². The monoisotopic (exact) mass is 239 g/mol. The lowest BCUT2D eigenvalue weighted by Gasteiger charge is -2.08. The van der Waals surface area contributed by atoms with Gasteiger partial charge in [0.15, 0.2) is 11.6 Å². The van der Waals surface area contributed by atoms with Crippen molar-refractivity contribution in [1.82, 2.24) is 4.98 Å². The van der Waals surface area contributed by atoms with Gasteiger partial charge in [0.1, 0.15) is 0 Å². The molecule has 0 atom stereocenters. The largest absolute Gasteiger partial charge is 0.261 e. The highest BCUT2D eigenvalue weighted by Gasteiger charge is 2.14. The van der Waals surface area contributed by atoms with Gasteiger partial charge in [-0.15, -0.1) is 0 Å². The lowest BCUT2D eigenvalue weighted by molar-refractivity contribution is 0.511. The number of hydrogen-bond donors (Lipinski definition) is 0. The zero-order chi connectivity index (χ0) is 11.7. The third-order valence-corrected chi connectivity index (χ3v) is 2.63. The number of benzene rings is 1. The Morgan fingerprint density at radius 3 is 2.62 bits per heavy atom. The first-order valence-corrected chi connectivity index (χ1v) is 5.04. The van der Waals surface area contributed by atoms with Gasteiger partial charge >= 0.3 is 0 Å². The Hall–Kier alpha value is -1.48. The molecule has 0 amide bonds. The van der Waals surface area contributed by atoms with Crippen LogP contribution in [0.1, 0.15) is 5.69 Å². The van der Waals surface area contributed by atoms with Gasteiger partial charge in [0.25, 0.3) is 0 Å². The summed E-state index contributed by atoms with van der Waals surface area (Å²) in [5.41, 5.74) is 1.13. The highest BCUT2D eigenvalue weighted by molar-refractivity contribution is 6.33. The lowest BCUT2D eigenvalue weighted by atomic mass is 10.0. The summed E-state index contributed by atoms with van der Waals surface area (Å²) in [7, 11) is 0. The summed E-state index contributed by atoms with van der Waals surface area (Å²) >= 11 is 5.96. The van der Waals surface area contributed by atoms with Crippen LogP contribution in [0.3, 0.4) is 0 Å². The second-order valence-corrected chi connectivity index (χ2v) is 3.76. The molecule has 0 fully saturated rings. The van der Waals surface area contributed by atoms with Crippen LogP contribution >= 0.6 is 11.6 Å². The molecule has 0 aliphatic heterocycles. The van der Waals surface area contributed by atoms with Gasteiger partial charge in [-0.1, -0.05) is 23.7 Å². The molecule has 1 nitrogen and oxygen atoms in total. The van der Waals surface area contributed by atoms with Gasteiger partial charge in [0.05, 0.1) is 5.02 Å². The van der Waals surface area contributed by atoms with Gasteiger partial charge in [0.2, 0.25) is 0 Å². The second kappa shape index (κ2) is 4.18. The summed E-state index contributed by atoms with van der Waals surface area (Å²) in [5.74, 6) is -1.79. The predicted molar refractivity (Wildman–Crippen MR) is 59.3 cm³/mol. The maximum Gasteiger partial charge on any atom is 0.166 e. The van der Waals surface area contributed by atoms with E-state index in [1.54, 1.807) is 13.0 Å². The molecular formula is C12H8ClF2N. The van der Waals surface area contributed by atoms with E-state index in [2.05, 4.69) is 4.98 Å². The summed E-state index contributed by atoms with van der Waals surface area (Å²) < 4.78 is 26.7. The van der Waals surface area contributed by atoms with Gasteiger partial charge in [-0.3, -0.25) is 4.98 Å². The van der Waals surface area contributed by atoms with E-state index in [4.69, 9.17) is 11.6 Å². The van der Waals surface area contributed by atoms with Crippen molar-refractivity contribution in [3.63, 3.8) is 0 Å². The molecule has 2 rings (SSSR count). The van der Waals surface area contributed by atoms with Crippen LogP contribution in [-0.4, -0.2) is 4.98 Å². The normalized spacial score (nSPS) is 10.5. The first kappa shape index (κ1) is 11.0. The maximum atomic E-state index is 13.6. The number of nitrogens with zero attached hydrogens (tertiary/aromatic N) is 1. The molecule has 2 aromatic rings. The molecule has 0 bridgehead atoms. The lowest BCUT2D eigenvalue weighted by Crippen LogP contribution is -1.94. The van der Waals surface area contributed by atoms with E-state index >= 15 is 0 Å². The average Bonchev–Trinajstić information content (AvgIpc) is 2.24. The van der Waals surface area contributed by atoms with Crippen molar-refractivity contribution in [2.45, 2.75) is 6.92 Å². The van der Waals surface area contributed by atoms with Gasteiger partial charge < -0.3 is 0 Å². The SMILES string of the molecule is Cc1nccc(Cl)c1-c1cccc(F)c1F. The molecule has 0 unspecified atom stereocenters. The standard InChI is InChI=1S/C12H8ClF2N/c1-7-11(9(13)5-6-16-7)8-3-2-4-10(14)12(8)15/h2-6H,1H3. The maximum absolute atomic E-state index is 13.6. The van der Waals surface area contributed by atoms with E-state index in [9.17, 15) is 8.78 Å². The number of halogens is 3. The van der Waals surface area contributed by atoms with Crippen LogP contribution < -0.4 is 0 Å². The Morgan fingerprint density at radius 2 is 1.94 bits per heavy atom. The van der Waals surface area contributed by atoms with Gasteiger partial charge in [-0.05, 0) is 19.1 Å². The number of aryl methyl sites for hydroxylation is 1. The van der Waals surface area contributed by atoms with Crippen molar-refractivity contribution in [3.8, 4) is 11.1 Å². The number of pyridine rings is 1. The minimum absolute atomic E-state index is 0.135. The third kappa shape index (κ3) is 1.78. The summed E-state index contributed by atoms with van der Waals surface area (Å²) in [6.07, 6.45) is 1.53. The van der Waals surface area contributed by atoms with Crippen molar-refractivity contribution in [2.24, 2.45) is 0 Å². The highest BCUT2D eigenvalue weighted by atomic mass is 35.5. The van der Waals surface area contributed by atoms with E-state index in [1.807, 2.05) is 0 Å². The number of rotatable bonds is 1. The van der Waals surface area contributed by atoms with Gasteiger partial charge in [-0.25, -0.2) is 8.78 Å². The molecule has 1 aromatic carbocycles. The van der Waals surface area contributed by atoms with Crippen molar-refractivity contribution in [1.29, 1.82) is 0 Å². The van der Waals surface area contributed by atoms with Gasteiger partial charge in [-0.2, -0.15) is 0 Å². The van der Waals surface area contributed by atoms with Gasteiger partial charge in [0, 0.05) is 23.0 Å². The molecule has 16 heavy (non-hydrogen) atoms. The minimum atomic E-state index is -0.902. The average molecular weight is 240 g/mol. The molecule has 0 N–H and O–H groups in total. The Kier molecular flexibility index (Phi) is 2.88. The van der Waals surface area contributed by atoms with Crippen LogP contribution in [0.2, 0.25) is 5.02 Å². The zero-order valence-corrected chi connectivity index (χ0v) is 9.22. The molecule has 0 spiro atoms. The highest BCUT2D eigenvalue weighted by Crippen LogP contribution is 2.32. The molecule has 0 aliphatic rings. The zero-order valence-electron chi connectivity index (χ0n) is 8.47. The van der Waals surface area contributed by atoms with Crippen LogP contribution in [-0.2, 0) is 0 Å². The third-order valence-electron chi connectivity index (χ3n) is 2.31. The fraction of sp³-hybridized carbons (Fsp3) is 0.0833. The van der Waals surface area contributed by atoms with Crippen molar-refractivity contribution in [3.05, 3.63) is 52.8 Å². The Bertz CT molecular complexity index is 520. The summed E-state index contributed by atoms with van der Waals surface area (Å²) in [5, 5.41) is 0.358. The summed E-state index contributed by atoms with van der Waals surface area (Å²) in [6, 6.07) is 5.54. The second-order valence-electron chi connectivity index (χ2n) is 3.35. The van der Waals surface area contributed by atoms with E-state index in [0.29, 0.717) is 16.3 Å². The fourth-order valence-electron chi connectivity index (χ4n) is 1.56. The molecule has 0 aliphatic carbocycles. The summed E-state index contributed by atoms with van der Waals surface area (Å²) in [4.78, 5) is 4.01. The van der Waals surface area contributed by atoms with Crippen LogP contribution in [0.15, 0.2) is 30.5 Å². The first-order chi connectivity index (χ1) is 7.61. The molecule has 0 radical (unpaired) electrons. The smallest absolute Gasteiger partial charge is 0.166 e. The number of aromatic nitrogens is 1. The predicted octanol–water partition coefficient (Wildman–Crippen LogP) is 3.99. The Labute approximate surface area is 96.7 Å². The van der Waals surface area contributed by atoms with Crippen LogP contribution in [0.25, 0.3) is 11.1 Å². The fourth-order valence-corrected chi connectivity index (χ4v) is 1.85. The summed E-state index contributed by atoms with van der Waals surface area (Å²) in [6.45, 7) is 1.70. The van der Waals surface area contributed by atoms with E-state index in [0.717, 1.165) is 6.07 Å². The Morgan fingerprint density at radius 1 is 1.19 bits per heavy atom. The molecule has 0 saturated heterocycles.